The molecule has 0 bridgehead atoms. The molecule has 1 aromatic rings. The van der Waals surface area contributed by atoms with Crippen LogP contribution in [0.4, 0.5) is 4.39 Å². The van der Waals surface area contributed by atoms with E-state index >= 15 is 0 Å². The SMILES string of the molecule is O=C(c1ccc(F)nc1)N1CCSCC1. The van der Waals surface area contributed by atoms with Crippen LogP contribution in [0.2, 0.25) is 0 Å². The van der Waals surface area contributed by atoms with Crippen molar-refractivity contribution in [2.45, 2.75) is 0 Å². The average molecular weight is 226 g/mol. The molecule has 1 fully saturated rings. The molecule has 1 amide bonds. The van der Waals surface area contributed by atoms with Gasteiger partial charge in [0.1, 0.15) is 0 Å². The van der Waals surface area contributed by atoms with E-state index in [2.05, 4.69) is 4.98 Å². The summed E-state index contributed by atoms with van der Waals surface area (Å²) >= 11 is 1.84. The number of pyridine rings is 1. The standard InChI is InChI=1S/C10H11FN2OS/c11-9-2-1-8(7-12-9)10(14)13-3-5-15-6-4-13/h1-2,7H,3-6H2. The van der Waals surface area contributed by atoms with Gasteiger partial charge in [-0.3, -0.25) is 4.79 Å². The normalized spacial score (nSPS) is 16.5. The molecule has 15 heavy (non-hydrogen) atoms. The first-order chi connectivity index (χ1) is 7.27. The molecule has 1 saturated heterocycles. The summed E-state index contributed by atoms with van der Waals surface area (Å²) in [5, 5.41) is 0. The van der Waals surface area contributed by atoms with Gasteiger partial charge in [0.2, 0.25) is 5.95 Å². The second kappa shape index (κ2) is 4.61. The maximum Gasteiger partial charge on any atom is 0.255 e. The fourth-order valence-electron chi connectivity index (χ4n) is 1.45. The molecule has 1 aliphatic rings. The van der Waals surface area contributed by atoms with E-state index in [9.17, 15) is 9.18 Å². The van der Waals surface area contributed by atoms with Crippen molar-refractivity contribution in [1.82, 2.24) is 9.88 Å². The number of thioether (sulfide) groups is 1. The summed E-state index contributed by atoms with van der Waals surface area (Å²) in [5.41, 5.74) is 0.461. The molecule has 0 saturated carbocycles. The summed E-state index contributed by atoms with van der Waals surface area (Å²) < 4.78 is 12.6. The van der Waals surface area contributed by atoms with E-state index in [0.29, 0.717) is 5.56 Å². The van der Waals surface area contributed by atoms with Gasteiger partial charge in [0.15, 0.2) is 0 Å². The first-order valence-corrected chi connectivity index (χ1v) is 5.91. The topological polar surface area (TPSA) is 33.2 Å². The molecule has 1 aromatic heterocycles. The Hall–Kier alpha value is -1.10. The molecule has 0 radical (unpaired) electrons. The fourth-order valence-corrected chi connectivity index (χ4v) is 2.35. The highest BCUT2D eigenvalue weighted by Crippen LogP contribution is 2.12. The van der Waals surface area contributed by atoms with Crippen LogP contribution < -0.4 is 0 Å². The van der Waals surface area contributed by atoms with Crippen LogP contribution in [-0.4, -0.2) is 40.4 Å². The van der Waals surface area contributed by atoms with Gasteiger partial charge in [-0.15, -0.1) is 0 Å². The van der Waals surface area contributed by atoms with E-state index in [-0.39, 0.29) is 5.91 Å². The summed E-state index contributed by atoms with van der Waals surface area (Å²) in [7, 11) is 0. The molecular formula is C10H11FN2OS. The Morgan fingerprint density at radius 3 is 2.73 bits per heavy atom. The van der Waals surface area contributed by atoms with Gasteiger partial charge < -0.3 is 4.90 Å². The Kier molecular flexibility index (Phi) is 3.20. The van der Waals surface area contributed by atoms with Crippen LogP contribution in [0.25, 0.3) is 0 Å². The summed E-state index contributed by atoms with van der Waals surface area (Å²) in [5.74, 6) is 1.34. The van der Waals surface area contributed by atoms with Crippen LogP contribution in [0, 0.1) is 5.95 Å². The fraction of sp³-hybridized carbons (Fsp3) is 0.400. The van der Waals surface area contributed by atoms with Crippen LogP contribution in [0.15, 0.2) is 18.3 Å². The molecule has 0 N–H and O–H groups in total. The monoisotopic (exact) mass is 226 g/mol. The van der Waals surface area contributed by atoms with Crippen molar-refractivity contribution in [3.63, 3.8) is 0 Å². The Balaban J connectivity index is 2.09. The smallest absolute Gasteiger partial charge is 0.255 e. The van der Waals surface area contributed by atoms with Gasteiger partial charge >= 0.3 is 0 Å². The van der Waals surface area contributed by atoms with E-state index < -0.39 is 5.95 Å². The van der Waals surface area contributed by atoms with Crippen molar-refractivity contribution in [1.29, 1.82) is 0 Å². The zero-order valence-corrected chi connectivity index (χ0v) is 8.97. The summed E-state index contributed by atoms with van der Waals surface area (Å²) in [4.78, 5) is 17.1. The maximum absolute atomic E-state index is 12.6. The average Bonchev–Trinajstić information content (AvgIpc) is 2.30. The lowest BCUT2D eigenvalue weighted by Crippen LogP contribution is -2.37. The third-order valence-electron chi connectivity index (χ3n) is 2.27. The molecule has 1 aliphatic heterocycles. The molecule has 2 rings (SSSR count). The maximum atomic E-state index is 12.6. The number of nitrogens with zero attached hydrogens (tertiary/aromatic N) is 2. The van der Waals surface area contributed by atoms with Crippen LogP contribution >= 0.6 is 11.8 Å². The zero-order valence-electron chi connectivity index (χ0n) is 8.15. The number of rotatable bonds is 1. The second-order valence-corrected chi connectivity index (χ2v) is 4.50. The molecule has 0 aliphatic carbocycles. The van der Waals surface area contributed by atoms with Gasteiger partial charge in [-0.1, -0.05) is 0 Å². The number of amides is 1. The second-order valence-electron chi connectivity index (χ2n) is 3.27. The lowest BCUT2D eigenvalue weighted by atomic mass is 10.2. The molecule has 0 spiro atoms. The Morgan fingerprint density at radius 2 is 2.13 bits per heavy atom. The lowest BCUT2D eigenvalue weighted by molar-refractivity contribution is 0.0772. The van der Waals surface area contributed by atoms with Gasteiger partial charge in [-0.05, 0) is 12.1 Å². The molecule has 0 unspecified atom stereocenters. The minimum atomic E-state index is -0.555. The van der Waals surface area contributed by atoms with Gasteiger partial charge in [0, 0.05) is 30.8 Å². The molecule has 2 heterocycles. The summed E-state index contributed by atoms with van der Waals surface area (Å²) in [6, 6.07) is 2.69. The number of hydrogen-bond donors (Lipinski definition) is 0. The van der Waals surface area contributed by atoms with E-state index in [0.717, 1.165) is 24.6 Å². The molecule has 0 aromatic carbocycles. The van der Waals surface area contributed by atoms with E-state index in [1.165, 1.54) is 18.3 Å². The molecule has 80 valence electrons. The Morgan fingerprint density at radius 1 is 1.40 bits per heavy atom. The Bertz CT molecular complexity index is 349. The van der Waals surface area contributed by atoms with Crippen molar-refractivity contribution >= 4 is 17.7 Å². The summed E-state index contributed by atoms with van der Waals surface area (Å²) in [6.07, 6.45) is 1.29. The zero-order chi connectivity index (χ0) is 10.7. The van der Waals surface area contributed by atoms with Crippen molar-refractivity contribution < 1.29 is 9.18 Å². The van der Waals surface area contributed by atoms with Crippen molar-refractivity contribution in [2.24, 2.45) is 0 Å². The minimum Gasteiger partial charge on any atom is -0.337 e. The molecular weight excluding hydrogens is 215 g/mol. The van der Waals surface area contributed by atoms with Gasteiger partial charge in [0.05, 0.1) is 5.56 Å². The highest BCUT2D eigenvalue weighted by atomic mass is 32.2. The van der Waals surface area contributed by atoms with Crippen LogP contribution in [0.5, 0.6) is 0 Å². The minimum absolute atomic E-state index is 0.0530. The predicted molar refractivity (Wildman–Crippen MR) is 57.4 cm³/mol. The number of halogens is 1. The summed E-state index contributed by atoms with van der Waals surface area (Å²) in [6.45, 7) is 1.53. The number of carbonyl (C=O) groups excluding carboxylic acids is 1. The van der Waals surface area contributed by atoms with E-state index in [1.807, 2.05) is 11.8 Å². The van der Waals surface area contributed by atoms with Crippen LogP contribution in [0.3, 0.4) is 0 Å². The molecule has 5 heteroatoms. The molecule has 0 atom stereocenters. The van der Waals surface area contributed by atoms with Gasteiger partial charge in [0.25, 0.3) is 5.91 Å². The highest BCUT2D eigenvalue weighted by Gasteiger charge is 2.18. The lowest BCUT2D eigenvalue weighted by Gasteiger charge is -2.26. The number of carbonyl (C=O) groups is 1. The van der Waals surface area contributed by atoms with Crippen molar-refractivity contribution in [3.8, 4) is 0 Å². The van der Waals surface area contributed by atoms with Crippen molar-refractivity contribution in [2.75, 3.05) is 24.6 Å². The first kappa shape index (κ1) is 10.4. The van der Waals surface area contributed by atoms with E-state index in [1.54, 1.807) is 4.90 Å². The van der Waals surface area contributed by atoms with Gasteiger partial charge in [-0.2, -0.15) is 16.2 Å². The number of aromatic nitrogens is 1. The third kappa shape index (κ3) is 2.47. The largest absolute Gasteiger partial charge is 0.337 e. The van der Waals surface area contributed by atoms with Crippen LogP contribution in [-0.2, 0) is 0 Å². The third-order valence-corrected chi connectivity index (χ3v) is 3.22. The first-order valence-electron chi connectivity index (χ1n) is 4.76. The predicted octanol–water partition coefficient (Wildman–Crippen LogP) is 1.41. The van der Waals surface area contributed by atoms with Crippen molar-refractivity contribution in [3.05, 3.63) is 29.8 Å². The van der Waals surface area contributed by atoms with Gasteiger partial charge in [-0.25, -0.2) is 4.98 Å². The highest BCUT2D eigenvalue weighted by molar-refractivity contribution is 7.99. The Labute approximate surface area is 91.7 Å². The quantitative estimate of drug-likeness (QED) is 0.679. The van der Waals surface area contributed by atoms with Crippen LogP contribution in [0.1, 0.15) is 10.4 Å². The number of hydrogen-bond acceptors (Lipinski definition) is 3. The molecule has 3 nitrogen and oxygen atoms in total. The van der Waals surface area contributed by atoms with E-state index in [4.69, 9.17) is 0 Å².